The lowest BCUT2D eigenvalue weighted by molar-refractivity contribution is 0.305. The van der Waals surface area contributed by atoms with Gasteiger partial charge in [0.05, 0.1) is 23.4 Å². The Labute approximate surface area is 209 Å². The fourth-order valence-electron chi connectivity index (χ4n) is 3.28. The molecule has 1 N–H and O–H groups in total. The van der Waals surface area contributed by atoms with Crippen molar-refractivity contribution >= 4 is 38.8 Å². The van der Waals surface area contributed by atoms with Crippen molar-refractivity contribution in [1.82, 2.24) is 4.98 Å². The molecule has 7 nitrogen and oxygen atoms in total. The molecule has 0 bridgehead atoms. The SMILES string of the molecule is CCCOc1c(Cl)cc(C(C)(C)c2ccc(OCc3nc(NS(C)(=O)=O)cs3)cc2)cc1C#N. The van der Waals surface area contributed by atoms with Gasteiger partial charge in [0.25, 0.3) is 0 Å². The van der Waals surface area contributed by atoms with Gasteiger partial charge in [-0.25, -0.2) is 13.4 Å². The predicted octanol–water partition coefficient (Wildman–Crippen LogP) is 5.73. The monoisotopic (exact) mass is 519 g/mol. The van der Waals surface area contributed by atoms with E-state index in [9.17, 15) is 13.7 Å². The van der Waals surface area contributed by atoms with E-state index in [1.807, 2.05) is 43.3 Å². The summed E-state index contributed by atoms with van der Waals surface area (Å²) >= 11 is 7.78. The Morgan fingerprint density at radius 2 is 1.88 bits per heavy atom. The summed E-state index contributed by atoms with van der Waals surface area (Å²) < 4.78 is 36.4. The Morgan fingerprint density at radius 1 is 1.18 bits per heavy atom. The van der Waals surface area contributed by atoms with Crippen LogP contribution in [0.2, 0.25) is 5.02 Å². The molecule has 0 saturated heterocycles. The first-order valence-electron chi connectivity index (χ1n) is 10.6. The number of hydrogen-bond acceptors (Lipinski definition) is 7. The highest BCUT2D eigenvalue weighted by Gasteiger charge is 2.26. The maximum atomic E-state index is 11.3. The fraction of sp³-hybridized carbons (Fsp3) is 0.333. The van der Waals surface area contributed by atoms with Crippen LogP contribution in [-0.4, -0.2) is 26.3 Å². The van der Waals surface area contributed by atoms with Crippen LogP contribution >= 0.6 is 22.9 Å². The third-order valence-corrected chi connectivity index (χ3v) is 6.80. The Kier molecular flexibility index (Phi) is 8.08. The number of thiazole rings is 1. The third kappa shape index (κ3) is 6.41. The van der Waals surface area contributed by atoms with Gasteiger partial charge in [-0.2, -0.15) is 5.26 Å². The highest BCUT2D eigenvalue weighted by atomic mass is 35.5. The second-order valence-electron chi connectivity index (χ2n) is 8.23. The van der Waals surface area contributed by atoms with Crippen molar-refractivity contribution < 1.29 is 17.9 Å². The van der Waals surface area contributed by atoms with Crippen LogP contribution in [0.1, 0.15) is 48.9 Å². The number of hydrogen-bond donors (Lipinski definition) is 1. The summed E-state index contributed by atoms with van der Waals surface area (Å²) in [5.41, 5.74) is 1.92. The molecule has 0 amide bonds. The highest BCUT2D eigenvalue weighted by Crippen LogP contribution is 2.38. The van der Waals surface area contributed by atoms with Crippen LogP contribution in [0.15, 0.2) is 41.8 Å². The summed E-state index contributed by atoms with van der Waals surface area (Å²) in [4.78, 5) is 4.21. The van der Waals surface area contributed by atoms with Gasteiger partial charge in [0, 0.05) is 10.8 Å². The zero-order chi connectivity index (χ0) is 24.9. The normalized spacial score (nSPS) is 11.6. The summed E-state index contributed by atoms with van der Waals surface area (Å²) in [6.45, 7) is 6.84. The topological polar surface area (TPSA) is 101 Å². The summed E-state index contributed by atoms with van der Waals surface area (Å²) in [7, 11) is -3.37. The molecule has 0 aliphatic rings. The molecule has 1 heterocycles. The second-order valence-corrected chi connectivity index (χ2v) is 11.3. The molecule has 0 fully saturated rings. The fourth-order valence-corrected chi connectivity index (χ4v) is 4.75. The van der Waals surface area contributed by atoms with Gasteiger partial charge in [-0.15, -0.1) is 11.3 Å². The summed E-state index contributed by atoms with van der Waals surface area (Å²) in [5, 5.41) is 12.3. The number of anilines is 1. The third-order valence-electron chi connectivity index (χ3n) is 5.12. The van der Waals surface area contributed by atoms with E-state index in [0.717, 1.165) is 23.8 Å². The molecule has 0 spiro atoms. The number of nitriles is 1. The number of rotatable bonds is 10. The largest absolute Gasteiger partial charge is 0.491 e. The first kappa shape index (κ1) is 25.8. The summed E-state index contributed by atoms with van der Waals surface area (Å²) in [6, 6.07) is 13.5. The minimum atomic E-state index is -3.37. The minimum Gasteiger partial charge on any atom is -0.491 e. The van der Waals surface area contributed by atoms with Gasteiger partial charge in [0.2, 0.25) is 10.0 Å². The van der Waals surface area contributed by atoms with Gasteiger partial charge >= 0.3 is 0 Å². The van der Waals surface area contributed by atoms with Gasteiger partial charge in [-0.1, -0.05) is 44.5 Å². The van der Waals surface area contributed by atoms with Crippen molar-refractivity contribution in [3.63, 3.8) is 0 Å². The van der Waals surface area contributed by atoms with Crippen LogP contribution in [0.25, 0.3) is 0 Å². The van der Waals surface area contributed by atoms with Gasteiger partial charge in [0.1, 0.15) is 23.4 Å². The van der Waals surface area contributed by atoms with E-state index in [1.54, 1.807) is 5.38 Å². The van der Waals surface area contributed by atoms with Crippen molar-refractivity contribution in [3.8, 4) is 17.6 Å². The lowest BCUT2D eigenvalue weighted by atomic mass is 9.77. The van der Waals surface area contributed by atoms with E-state index in [0.29, 0.717) is 33.7 Å². The lowest BCUT2D eigenvalue weighted by Gasteiger charge is -2.27. The van der Waals surface area contributed by atoms with Gasteiger partial charge in [-0.3, -0.25) is 4.72 Å². The molecule has 1 aromatic heterocycles. The van der Waals surface area contributed by atoms with Gasteiger partial charge in [0.15, 0.2) is 11.6 Å². The number of aromatic nitrogens is 1. The van der Waals surface area contributed by atoms with Crippen LogP contribution in [0, 0.1) is 11.3 Å². The van der Waals surface area contributed by atoms with Crippen LogP contribution in [-0.2, 0) is 22.0 Å². The van der Waals surface area contributed by atoms with Crippen LogP contribution in [0.3, 0.4) is 0 Å². The van der Waals surface area contributed by atoms with Gasteiger partial charge in [-0.05, 0) is 41.8 Å². The van der Waals surface area contributed by atoms with E-state index < -0.39 is 15.4 Å². The van der Waals surface area contributed by atoms with E-state index in [4.69, 9.17) is 21.1 Å². The smallest absolute Gasteiger partial charge is 0.230 e. The molecule has 34 heavy (non-hydrogen) atoms. The van der Waals surface area contributed by atoms with E-state index in [1.165, 1.54) is 11.3 Å². The number of nitrogens with zero attached hydrogens (tertiary/aromatic N) is 2. The van der Waals surface area contributed by atoms with Crippen LogP contribution in [0.4, 0.5) is 5.82 Å². The summed E-state index contributed by atoms with van der Waals surface area (Å²) in [6.07, 6.45) is 1.90. The van der Waals surface area contributed by atoms with Crippen molar-refractivity contribution in [1.29, 1.82) is 5.26 Å². The Bertz CT molecular complexity index is 1300. The van der Waals surface area contributed by atoms with Crippen molar-refractivity contribution in [2.75, 3.05) is 17.6 Å². The molecule has 0 unspecified atom stereocenters. The van der Waals surface area contributed by atoms with Gasteiger partial charge < -0.3 is 9.47 Å². The molecule has 0 aliphatic carbocycles. The first-order chi connectivity index (χ1) is 16.0. The van der Waals surface area contributed by atoms with E-state index in [2.05, 4.69) is 29.6 Å². The van der Waals surface area contributed by atoms with Crippen molar-refractivity contribution in [2.45, 2.75) is 39.2 Å². The predicted molar refractivity (Wildman–Crippen MR) is 135 cm³/mol. The molecule has 0 radical (unpaired) electrons. The molecule has 3 aromatic rings. The average Bonchev–Trinajstić information content (AvgIpc) is 3.22. The Hall–Kier alpha value is -2.80. The van der Waals surface area contributed by atoms with Crippen molar-refractivity contribution in [3.05, 3.63) is 68.5 Å². The lowest BCUT2D eigenvalue weighted by Crippen LogP contribution is -2.19. The number of nitrogens with one attached hydrogen (secondary N) is 1. The maximum Gasteiger partial charge on any atom is 0.230 e. The molecule has 10 heteroatoms. The molecule has 0 aliphatic heterocycles. The standard InChI is InChI=1S/C24H26ClN3O4S2/c1-5-10-31-23-16(13-26)11-18(12-20(23)25)24(2,3)17-6-8-19(9-7-17)32-14-22-27-21(15-33-22)28-34(4,29)30/h6-9,11-12,15,28H,5,10,14H2,1-4H3. The number of ether oxygens (including phenoxy) is 2. The molecule has 0 atom stereocenters. The molecule has 180 valence electrons. The summed E-state index contributed by atoms with van der Waals surface area (Å²) in [5.74, 6) is 1.36. The number of benzene rings is 2. The van der Waals surface area contributed by atoms with Crippen LogP contribution in [0.5, 0.6) is 11.5 Å². The van der Waals surface area contributed by atoms with Crippen molar-refractivity contribution in [2.24, 2.45) is 0 Å². The molecule has 2 aromatic carbocycles. The Balaban J connectivity index is 1.73. The number of sulfonamides is 1. The number of halogens is 1. The highest BCUT2D eigenvalue weighted by molar-refractivity contribution is 7.92. The van der Waals surface area contributed by atoms with Crippen LogP contribution < -0.4 is 14.2 Å². The molecular formula is C24H26ClN3O4S2. The molecular weight excluding hydrogens is 494 g/mol. The second kappa shape index (κ2) is 10.6. The zero-order valence-electron chi connectivity index (χ0n) is 19.4. The molecule has 0 saturated carbocycles. The average molecular weight is 520 g/mol. The molecule has 3 rings (SSSR count). The Morgan fingerprint density at radius 3 is 2.50 bits per heavy atom. The first-order valence-corrected chi connectivity index (χ1v) is 13.7. The van der Waals surface area contributed by atoms with E-state index in [-0.39, 0.29) is 12.4 Å². The quantitative estimate of drug-likeness (QED) is 0.367. The maximum absolute atomic E-state index is 11.3. The van der Waals surface area contributed by atoms with E-state index >= 15 is 0 Å². The minimum absolute atomic E-state index is 0.221. The zero-order valence-corrected chi connectivity index (χ0v) is 21.8.